The summed E-state index contributed by atoms with van der Waals surface area (Å²) in [6, 6.07) is 2.77. The zero-order valence-corrected chi connectivity index (χ0v) is 16.8. The number of sulfonamides is 1. The molecular formula is C19H25N5O3S. The number of piperidine rings is 1. The number of fused-ring (bicyclic) bond motifs is 1. The van der Waals surface area contributed by atoms with Gasteiger partial charge in [0.1, 0.15) is 10.7 Å². The number of hydrogen-bond acceptors (Lipinski definition) is 5. The molecule has 2 aromatic rings. The minimum Gasteiger partial charge on any atom is -0.342 e. The van der Waals surface area contributed by atoms with Gasteiger partial charge in [0.05, 0.1) is 18.2 Å². The van der Waals surface area contributed by atoms with Crippen molar-refractivity contribution in [2.75, 3.05) is 19.6 Å². The first-order chi connectivity index (χ1) is 13.5. The molecule has 0 unspecified atom stereocenters. The molecular weight excluding hydrogens is 378 g/mol. The summed E-state index contributed by atoms with van der Waals surface area (Å²) >= 11 is 0. The van der Waals surface area contributed by atoms with E-state index in [4.69, 9.17) is 0 Å². The van der Waals surface area contributed by atoms with Crippen LogP contribution in [0.15, 0.2) is 35.6 Å². The lowest BCUT2D eigenvalue weighted by Gasteiger charge is -2.32. The van der Waals surface area contributed by atoms with E-state index in [1.54, 1.807) is 18.3 Å². The predicted octanol–water partition coefficient (Wildman–Crippen LogP) is 1.60. The Bertz CT molecular complexity index is 951. The Labute approximate surface area is 165 Å². The first kappa shape index (κ1) is 19.1. The zero-order chi connectivity index (χ0) is 19.7. The number of rotatable bonds is 4. The third-order valence-electron chi connectivity index (χ3n) is 5.51. The monoisotopic (exact) mass is 403 g/mol. The van der Waals surface area contributed by atoms with E-state index >= 15 is 0 Å². The molecule has 150 valence electrons. The van der Waals surface area contributed by atoms with E-state index in [9.17, 15) is 13.2 Å². The summed E-state index contributed by atoms with van der Waals surface area (Å²) in [6.45, 7) is 4.35. The smallest absolute Gasteiger partial charge is 0.245 e. The number of likely N-dealkylation sites (tertiary alicyclic amines) is 1. The molecule has 9 heteroatoms. The molecule has 4 heterocycles. The van der Waals surface area contributed by atoms with Crippen molar-refractivity contribution in [2.45, 2.75) is 50.1 Å². The van der Waals surface area contributed by atoms with Crippen LogP contribution >= 0.6 is 0 Å². The lowest BCUT2D eigenvalue weighted by Crippen LogP contribution is -2.41. The van der Waals surface area contributed by atoms with Crippen LogP contribution in [0.3, 0.4) is 0 Å². The molecule has 0 radical (unpaired) electrons. The third kappa shape index (κ3) is 3.56. The minimum absolute atomic E-state index is 0.0997. The topological polar surface area (TPSA) is 88.4 Å². The van der Waals surface area contributed by atoms with Crippen LogP contribution in [-0.4, -0.2) is 57.7 Å². The fourth-order valence-electron chi connectivity index (χ4n) is 3.99. The number of aromatic nitrogens is 3. The number of nitrogens with zero attached hydrogens (tertiary/aromatic N) is 5. The summed E-state index contributed by atoms with van der Waals surface area (Å²) in [4.78, 5) is 23.2. The summed E-state index contributed by atoms with van der Waals surface area (Å²) in [5.41, 5.74) is 0.707. The average molecular weight is 404 g/mol. The highest BCUT2D eigenvalue weighted by molar-refractivity contribution is 7.89. The fraction of sp³-hybridized carbons (Fsp3) is 0.526. The van der Waals surface area contributed by atoms with Crippen molar-refractivity contribution in [3.05, 3.63) is 42.2 Å². The Morgan fingerprint density at radius 2 is 1.96 bits per heavy atom. The van der Waals surface area contributed by atoms with Gasteiger partial charge in [0.25, 0.3) is 0 Å². The highest BCUT2D eigenvalue weighted by Gasteiger charge is 2.35. The van der Waals surface area contributed by atoms with Gasteiger partial charge in [-0.05, 0) is 38.3 Å². The van der Waals surface area contributed by atoms with Crippen molar-refractivity contribution in [3.63, 3.8) is 0 Å². The van der Waals surface area contributed by atoms with Gasteiger partial charge in [-0.15, -0.1) is 0 Å². The van der Waals surface area contributed by atoms with Gasteiger partial charge in [-0.1, -0.05) is 0 Å². The second kappa shape index (κ2) is 7.63. The molecule has 0 bridgehead atoms. The maximum atomic E-state index is 13.0. The lowest BCUT2D eigenvalue weighted by molar-refractivity contribution is -0.131. The van der Waals surface area contributed by atoms with Gasteiger partial charge in [-0.3, -0.25) is 9.78 Å². The lowest BCUT2D eigenvalue weighted by atomic mass is 10.1. The molecule has 2 aromatic heterocycles. The number of imidazole rings is 1. The summed E-state index contributed by atoms with van der Waals surface area (Å²) in [5, 5.41) is 0. The van der Waals surface area contributed by atoms with Crippen molar-refractivity contribution in [1.29, 1.82) is 0 Å². The first-order valence-electron chi connectivity index (χ1n) is 9.72. The van der Waals surface area contributed by atoms with Crippen LogP contribution in [-0.2, 0) is 27.8 Å². The molecule has 1 fully saturated rings. The second-order valence-electron chi connectivity index (χ2n) is 7.38. The molecule has 0 aliphatic carbocycles. The second-order valence-corrected chi connectivity index (χ2v) is 9.27. The Balaban J connectivity index is 1.52. The molecule has 2 aliphatic heterocycles. The van der Waals surface area contributed by atoms with E-state index in [-0.39, 0.29) is 17.2 Å². The standard InChI is InChI=1S/C19H25N5O3S/c1-15-19-21-16(12-18(25)22-8-3-2-4-9-22)14-23(19)10-11-24(15)28(26,27)17-6-5-7-20-13-17/h5-7,13-15H,2-4,8-12H2,1H3/t15-/m0/s1. The van der Waals surface area contributed by atoms with Crippen LogP contribution in [0.2, 0.25) is 0 Å². The molecule has 2 aliphatic rings. The number of pyridine rings is 1. The third-order valence-corrected chi connectivity index (χ3v) is 7.46. The van der Waals surface area contributed by atoms with Crippen molar-refractivity contribution < 1.29 is 13.2 Å². The van der Waals surface area contributed by atoms with E-state index in [2.05, 4.69) is 9.97 Å². The maximum absolute atomic E-state index is 13.0. The molecule has 0 N–H and O–H groups in total. The number of carbonyl (C=O) groups is 1. The maximum Gasteiger partial charge on any atom is 0.245 e. The predicted molar refractivity (Wildman–Crippen MR) is 103 cm³/mol. The highest BCUT2D eigenvalue weighted by atomic mass is 32.2. The van der Waals surface area contributed by atoms with Crippen LogP contribution in [0.4, 0.5) is 0 Å². The molecule has 28 heavy (non-hydrogen) atoms. The quantitative estimate of drug-likeness (QED) is 0.774. The SMILES string of the molecule is C[C@H]1c2nc(CC(=O)N3CCCCC3)cn2CCN1S(=O)(=O)c1cccnc1. The van der Waals surface area contributed by atoms with Crippen molar-refractivity contribution in [3.8, 4) is 0 Å². The van der Waals surface area contributed by atoms with Crippen LogP contribution in [0.1, 0.15) is 43.7 Å². The minimum atomic E-state index is -3.64. The van der Waals surface area contributed by atoms with Crippen LogP contribution < -0.4 is 0 Å². The average Bonchev–Trinajstić information content (AvgIpc) is 3.13. The van der Waals surface area contributed by atoms with Gasteiger partial charge in [-0.2, -0.15) is 4.31 Å². The molecule has 1 amide bonds. The van der Waals surface area contributed by atoms with E-state index in [1.807, 2.05) is 22.6 Å². The van der Waals surface area contributed by atoms with Crippen LogP contribution in [0, 0.1) is 0 Å². The van der Waals surface area contributed by atoms with Gasteiger partial charge in [0, 0.05) is 44.8 Å². The molecule has 1 atom stereocenters. The number of hydrogen-bond donors (Lipinski definition) is 0. The van der Waals surface area contributed by atoms with Gasteiger partial charge in [0.2, 0.25) is 15.9 Å². The normalized spacial score (nSPS) is 20.8. The summed E-state index contributed by atoms with van der Waals surface area (Å²) in [7, 11) is -3.64. The van der Waals surface area contributed by atoms with Gasteiger partial charge < -0.3 is 9.47 Å². The Kier molecular flexibility index (Phi) is 5.20. The van der Waals surface area contributed by atoms with E-state index in [1.165, 1.54) is 16.9 Å². The van der Waals surface area contributed by atoms with Crippen LogP contribution in [0.25, 0.3) is 0 Å². The molecule has 0 saturated carbocycles. The Hall–Kier alpha value is -2.26. The van der Waals surface area contributed by atoms with Crippen molar-refractivity contribution in [2.24, 2.45) is 0 Å². The molecule has 1 saturated heterocycles. The van der Waals surface area contributed by atoms with Crippen molar-refractivity contribution in [1.82, 2.24) is 23.7 Å². The Morgan fingerprint density at radius 1 is 1.18 bits per heavy atom. The van der Waals surface area contributed by atoms with E-state index in [0.717, 1.165) is 25.9 Å². The zero-order valence-electron chi connectivity index (χ0n) is 16.0. The highest BCUT2D eigenvalue weighted by Crippen LogP contribution is 2.30. The molecule has 8 nitrogen and oxygen atoms in total. The van der Waals surface area contributed by atoms with Crippen molar-refractivity contribution >= 4 is 15.9 Å². The summed E-state index contributed by atoms with van der Waals surface area (Å²) < 4.78 is 29.4. The molecule has 4 rings (SSSR count). The first-order valence-corrected chi connectivity index (χ1v) is 11.2. The van der Waals surface area contributed by atoms with Gasteiger partial charge in [0.15, 0.2) is 0 Å². The van der Waals surface area contributed by atoms with E-state index < -0.39 is 16.1 Å². The van der Waals surface area contributed by atoms with Crippen LogP contribution in [0.5, 0.6) is 0 Å². The largest absolute Gasteiger partial charge is 0.342 e. The Morgan fingerprint density at radius 3 is 2.68 bits per heavy atom. The van der Waals surface area contributed by atoms with E-state index in [0.29, 0.717) is 24.6 Å². The van der Waals surface area contributed by atoms with Gasteiger partial charge in [-0.25, -0.2) is 13.4 Å². The number of amides is 1. The summed E-state index contributed by atoms with van der Waals surface area (Å²) in [5.74, 6) is 0.780. The molecule has 0 aromatic carbocycles. The number of carbonyl (C=O) groups excluding carboxylic acids is 1. The molecule has 0 spiro atoms. The van der Waals surface area contributed by atoms with Gasteiger partial charge >= 0.3 is 0 Å². The summed E-state index contributed by atoms with van der Waals surface area (Å²) in [6.07, 6.45) is 8.38. The fourth-order valence-corrected chi connectivity index (χ4v) is 5.53.